The number of piperazine rings is 1. The van der Waals surface area contributed by atoms with E-state index in [-0.39, 0.29) is 30.9 Å². The quantitative estimate of drug-likeness (QED) is 0.372. The number of thioether (sulfide) groups is 1. The lowest BCUT2D eigenvalue weighted by Crippen LogP contribution is -2.69. The predicted molar refractivity (Wildman–Crippen MR) is 158 cm³/mol. The van der Waals surface area contributed by atoms with Crippen molar-refractivity contribution < 1.29 is 38.4 Å². The summed E-state index contributed by atoms with van der Waals surface area (Å²) < 4.78 is 29.4. The van der Waals surface area contributed by atoms with E-state index < -0.39 is 47.4 Å². The number of carbonyl (C=O) groups excluding carboxylic acids is 2. The number of ether oxygens (including phenoxy) is 5. The van der Waals surface area contributed by atoms with Crippen molar-refractivity contribution in [1.29, 1.82) is 5.26 Å². The van der Waals surface area contributed by atoms with Crippen molar-refractivity contribution in [3.63, 3.8) is 0 Å². The van der Waals surface area contributed by atoms with Gasteiger partial charge in [0.25, 0.3) is 0 Å². The number of phenols is 1. The van der Waals surface area contributed by atoms with Crippen LogP contribution in [0.1, 0.15) is 57.6 Å². The number of nitrogens with zero attached hydrogens (tertiary/aromatic N) is 3. The predicted octanol–water partition coefficient (Wildman–Crippen LogP) is 2.56. The lowest BCUT2D eigenvalue weighted by molar-refractivity contribution is -0.150. The summed E-state index contributed by atoms with van der Waals surface area (Å²) in [5.41, 5.74) is 10.8. The van der Waals surface area contributed by atoms with Gasteiger partial charge in [0.05, 0.1) is 30.5 Å². The number of cyclic esters (lactones) is 1. The Balaban J connectivity index is 1.56. The maximum atomic E-state index is 13.0. The van der Waals surface area contributed by atoms with Gasteiger partial charge in [0.2, 0.25) is 6.79 Å². The number of esters is 2. The van der Waals surface area contributed by atoms with E-state index in [1.165, 1.54) is 25.8 Å². The molecule has 0 aromatic heterocycles. The van der Waals surface area contributed by atoms with E-state index in [0.29, 0.717) is 40.5 Å². The van der Waals surface area contributed by atoms with Gasteiger partial charge >= 0.3 is 11.9 Å². The molecule has 12 nitrogen and oxygen atoms in total. The van der Waals surface area contributed by atoms with Crippen molar-refractivity contribution in [1.82, 2.24) is 9.80 Å². The topological polar surface area (TPSA) is 157 Å². The Bertz CT molecular complexity index is 1640. The van der Waals surface area contributed by atoms with Gasteiger partial charge in [0.15, 0.2) is 23.0 Å². The number of fused-ring (bicyclic) bond motifs is 9. The van der Waals surface area contributed by atoms with E-state index in [4.69, 9.17) is 29.4 Å². The minimum Gasteiger partial charge on any atom is -0.504 e. The number of hydrogen-bond donors (Lipinski definition) is 2. The van der Waals surface area contributed by atoms with E-state index in [1.807, 2.05) is 27.0 Å². The molecule has 3 unspecified atom stereocenters. The normalized spacial score (nSPS) is 30.4. The van der Waals surface area contributed by atoms with Crippen molar-refractivity contribution in [2.45, 2.75) is 68.7 Å². The fraction of sp³-hybridized carbons (Fsp3) is 0.516. The molecule has 232 valence electrons. The average molecular weight is 623 g/mol. The summed E-state index contributed by atoms with van der Waals surface area (Å²) in [5, 5.41) is 22.1. The third-order valence-corrected chi connectivity index (χ3v) is 11.1. The molecule has 5 aliphatic rings. The molecule has 0 radical (unpaired) electrons. The maximum absolute atomic E-state index is 13.0. The molecule has 7 rings (SSSR count). The number of nitrogens with two attached hydrogens (primary N) is 1. The largest absolute Gasteiger partial charge is 0.504 e. The Kier molecular flexibility index (Phi) is 6.89. The van der Waals surface area contributed by atoms with E-state index in [1.54, 1.807) is 0 Å². The number of aryl methyl sites for hydroxylation is 1. The van der Waals surface area contributed by atoms with Gasteiger partial charge in [-0.1, -0.05) is 6.07 Å². The maximum Gasteiger partial charge on any atom is 0.323 e. The summed E-state index contributed by atoms with van der Waals surface area (Å²) in [6.45, 7) is 4.93. The van der Waals surface area contributed by atoms with E-state index in [2.05, 4.69) is 15.9 Å². The molecule has 13 heteroatoms. The Morgan fingerprint density at radius 1 is 1.18 bits per heavy atom. The number of benzene rings is 2. The molecule has 2 aromatic rings. The van der Waals surface area contributed by atoms with Crippen molar-refractivity contribution in [2.75, 3.05) is 33.3 Å². The summed E-state index contributed by atoms with van der Waals surface area (Å²) in [6.07, 6.45) is 0.522. The fourth-order valence-electron chi connectivity index (χ4n) is 7.98. The molecule has 2 aromatic carbocycles. The monoisotopic (exact) mass is 622 g/mol. The zero-order chi connectivity index (χ0) is 31.2. The van der Waals surface area contributed by atoms with Crippen LogP contribution in [-0.2, 0) is 20.7 Å². The zero-order valence-corrected chi connectivity index (χ0v) is 25.9. The second-order valence-electron chi connectivity index (χ2n) is 12.0. The lowest BCUT2D eigenvalue weighted by Gasteiger charge is -2.61. The van der Waals surface area contributed by atoms with Gasteiger partial charge in [-0.25, -0.2) is 0 Å². The van der Waals surface area contributed by atoms with Crippen LogP contribution in [0.5, 0.6) is 28.7 Å². The number of hydrogen-bond acceptors (Lipinski definition) is 13. The summed E-state index contributed by atoms with van der Waals surface area (Å²) in [7, 11) is 3.51. The first-order valence-corrected chi connectivity index (χ1v) is 15.6. The van der Waals surface area contributed by atoms with Crippen LogP contribution >= 0.6 is 11.8 Å². The van der Waals surface area contributed by atoms with Gasteiger partial charge in [-0.3, -0.25) is 19.4 Å². The van der Waals surface area contributed by atoms with Crippen molar-refractivity contribution in [2.24, 2.45) is 5.73 Å². The summed E-state index contributed by atoms with van der Waals surface area (Å²) in [5.74, 6) is 0.953. The highest BCUT2D eigenvalue weighted by molar-refractivity contribution is 7.99. The Hall–Kier alpha value is -3.70. The first kappa shape index (κ1) is 29.0. The molecule has 0 saturated carbocycles. The van der Waals surface area contributed by atoms with E-state index >= 15 is 0 Å². The number of phenolic OH excluding ortho intramolecular Hbond substituents is 1. The van der Waals surface area contributed by atoms with Crippen LogP contribution in [-0.4, -0.2) is 84.3 Å². The fourth-order valence-corrected chi connectivity index (χ4v) is 9.42. The van der Waals surface area contributed by atoms with Gasteiger partial charge in [-0.05, 0) is 38.4 Å². The highest BCUT2D eigenvalue weighted by atomic mass is 32.2. The van der Waals surface area contributed by atoms with Gasteiger partial charge < -0.3 is 34.5 Å². The van der Waals surface area contributed by atoms with Gasteiger partial charge in [0, 0.05) is 47.0 Å². The highest BCUT2D eigenvalue weighted by Gasteiger charge is 2.60. The molecule has 44 heavy (non-hydrogen) atoms. The first-order valence-electron chi connectivity index (χ1n) is 14.5. The van der Waals surface area contributed by atoms with Gasteiger partial charge in [-0.2, -0.15) is 5.26 Å². The molecule has 2 fully saturated rings. The molecule has 7 atom stereocenters. The molecule has 4 bridgehead atoms. The second-order valence-corrected chi connectivity index (χ2v) is 13.2. The minimum absolute atomic E-state index is 0.0270. The van der Waals surface area contributed by atoms with Crippen molar-refractivity contribution in [3.05, 3.63) is 39.4 Å². The number of aromatic hydroxyl groups is 1. The van der Waals surface area contributed by atoms with Crippen LogP contribution < -0.4 is 24.7 Å². The van der Waals surface area contributed by atoms with Crippen LogP contribution in [0.15, 0.2) is 6.07 Å². The molecule has 0 spiro atoms. The average Bonchev–Trinajstić information content (AvgIpc) is 3.47. The molecule has 5 aliphatic heterocycles. The third kappa shape index (κ3) is 3.94. The Labute approximate surface area is 258 Å². The second kappa shape index (κ2) is 10.4. The van der Waals surface area contributed by atoms with Gasteiger partial charge in [0.1, 0.15) is 24.4 Å². The first-order chi connectivity index (χ1) is 21.1. The van der Waals surface area contributed by atoms with E-state index in [0.717, 1.165) is 22.3 Å². The van der Waals surface area contributed by atoms with Crippen LogP contribution in [0.2, 0.25) is 0 Å². The van der Waals surface area contributed by atoms with Crippen LogP contribution in [0.4, 0.5) is 0 Å². The van der Waals surface area contributed by atoms with Crippen LogP contribution in [0, 0.1) is 25.2 Å². The number of rotatable bonds is 2. The molecule has 0 amide bonds. The third-order valence-electron chi connectivity index (χ3n) is 9.69. The minimum atomic E-state index is -0.890. The van der Waals surface area contributed by atoms with Crippen LogP contribution in [0.3, 0.4) is 0 Å². The number of nitriles is 1. The number of likely N-dealkylation sites (N-methyl/N-ethyl adjacent to an activating group) is 1. The highest BCUT2D eigenvalue weighted by Crippen LogP contribution is 2.64. The van der Waals surface area contributed by atoms with Crippen LogP contribution in [0.25, 0.3) is 0 Å². The summed E-state index contributed by atoms with van der Waals surface area (Å²) >= 11 is 1.44. The molecular formula is C31H34N4O8S. The molecular weight excluding hydrogens is 588 g/mol. The Morgan fingerprint density at radius 2 is 1.93 bits per heavy atom. The molecule has 3 N–H and O–H groups in total. The molecule has 2 saturated heterocycles. The smallest absolute Gasteiger partial charge is 0.323 e. The standard InChI is InChI=1S/C31H34N4O8S/c1-12-6-15-7-17-18(8-32)35-19-9-40-31(38)16(33)10-44-30(24(35)23(34(17)4)20(15)25(37)26(12)39-5)22-21(19)29-28(41-11-42-29)13(2)27(22)43-14(3)36/h6,16-19,23-24,30,37H,7,9-11,33H2,1-5H3/t16?,17-,18?,19-,23+,24?,30+/m0/s1. The van der Waals surface area contributed by atoms with Gasteiger partial charge in [-0.15, -0.1) is 11.8 Å². The SMILES string of the molecule is COc1c(C)cc2c(c1O)[C@@H]1C3[C@@H]4SCC(N)C(=O)OC[C@@H](c5c6c(c(C)c(OC(C)=O)c54)OCO6)N3C(C#N)[C@H](C2)N1C. The lowest BCUT2D eigenvalue weighted by atomic mass is 9.71. The van der Waals surface area contributed by atoms with E-state index in [9.17, 15) is 20.0 Å². The Morgan fingerprint density at radius 3 is 2.64 bits per heavy atom. The summed E-state index contributed by atoms with van der Waals surface area (Å²) in [6, 6.07) is 1.36. The number of methoxy groups -OCH3 is 1. The summed E-state index contributed by atoms with van der Waals surface area (Å²) in [4.78, 5) is 29.8. The zero-order valence-electron chi connectivity index (χ0n) is 25.1. The molecule has 5 heterocycles. The molecule has 0 aliphatic carbocycles. The van der Waals surface area contributed by atoms with Crippen molar-refractivity contribution >= 4 is 23.7 Å². The van der Waals surface area contributed by atoms with Crippen molar-refractivity contribution in [3.8, 4) is 34.8 Å². The number of carbonyl (C=O) groups is 2.